The first-order valence-electron chi connectivity index (χ1n) is 15.7. The summed E-state index contributed by atoms with van der Waals surface area (Å²) in [5.74, 6) is 0.233. The van der Waals surface area contributed by atoms with Crippen LogP contribution in [-0.2, 0) is 22.6 Å². The van der Waals surface area contributed by atoms with Gasteiger partial charge in [0.1, 0.15) is 0 Å². The van der Waals surface area contributed by atoms with E-state index in [-0.39, 0.29) is 17.8 Å². The molecule has 4 N–H and O–H groups in total. The summed E-state index contributed by atoms with van der Waals surface area (Å²) >= 11 is 13.9. The van der Waals surface area contributed by atoms with Crippen LogP contribution >= 0.6 is 23.2 Å². The lowest BCUT2D eigenvalue weighted by Gasteiger charge is -2.23. The number of benzene rings is 2. The molecule has 0 aliphatic carbocycles. The smallest absolute Gasteiger partial charge is 0.220 e. The summed E-state index contributed by atoms with van der Waals surface area (Å²) in [4.78, 5) is 20.5. The number of halogens is 3. The van der Waals surface area contributed by atoms with Crippen molar-refractivity contribution in [3.8, 4) is 28.3 Å². The first-order chi connectivity index (χ1) is 22.9. The van der Waals surface area contributed by atoms with Gasteiger partial charge in [0.2, 0.25) is 11.8 Å². The molecule has 2 aliphatic rings. The first kappa shape index (κ1) is 33.1. The van der Waals surface area contributed by atoms with Crippen molar-refractivity contribution < 1.29 is 18.7 Å². The van der Waals surface area contributed by atoms with Gasteiger partial charge in [-0.25, -0.2) is 14.4 Å². The molecule has 2 aliphatic heterocycles. The predicted octanol–water partition coefficient (Wildman–Crippen LogP) is 6.65. The largest absolute Gasteiger partial charge is 0.481 e. The zero-order valence-corrected chi connectivity index (χ0v) is 27.6. The van der Waals surface area contributed by atoms with E-state index < -0.39 is 5.82 Å². The van der Waals surface area contributed by atoms with E-state index in [9.17, 15) is 4.79 Å². The van der Waals surface area contributed by atoms with Crippen LogP contribution in [-0.4, -0.2) is 54.8 Å². The van der Waals surface area contributed by atoms with Crippen LogP contribution in [0.2, 0.25) is 10.0 Å². The molecule has 0 bridgehead atoms. The Labute approximate surface area is 283 Å². The summed E-state index contributed by atoms with van der Waals surface area (Å²) in [6, 6.07) is 17.1. The minimum absolute atomic E-state index is 0.0917. The molecule has 2 saturated heterocycles. The molecule has 1 atom stereocenters. The Morgan fingerprint density at radius 1 is 0.957 bits per heavy atom. The van der Waals surface area contributed by atoms with Gasteiger partial charge in [0, 0.05) is 85.4 Å². The molecule has 0 unspecified atom stereocenters. The van der Waals surface area contributed by atoms with Gasteiger partial charge in [0.05, 0.1) is 28.5 Å². The summed E-state index contributed by atoms with van der Waals surface area (Å²) in [6.07, 6.45) is 4.78. The molecule has 0 spiro atoms. The van der Waals surface area contributed by atoms with Crippen LogP contribution in [0.1, 0.15) is 36.8 Å². The van der Waals surface area contributed by atoms with Crippen molar-refractivity contribution in [1.29, 1.82) is 0 Å². The Morgan fingerprint density at radius 2 is 1.72 bits per heavy atom. The van der Waals surface area contributed by atoms with Crippen LogP contribution in [0.15, 0.2) is 60.8 Å². The van der Waals surface area contributed by atoms with E-state index in [1.165, 1.54) is 0 Å². The Morgan fingerprint density at radius 3 is 2.49 bits per heavy atom. The fourth-order valence-electron chi connectivity index (χ4n) is 5.91. The summed E-state index contributed by atoms with van der Waals surface area (Å²) in [5.41, 5.74) is 4.63. The third kappa shape index (κ3) is 7.85. The molecular weight excluding hydrogens is 642 g/mol. The zero-order valence-electron chi connectivity index (χ0n) is 26.0. The number of anilines is 2. The highest BCUT2D eigenvalue weighted by Gasteiger charge is 2.21. The Bertz CT molecular complexity index is 1740. The van der Waals surface area contributed by atoms with Crippen LogP contribution in [0.4, 0.5) is 15.9 Å². The zero-order chi connectivity index (χ0) is 32.8. The molecule has 9 nitrogen and oxygen atoms in total. The van der Waals surface area contributed by atoms with Gasteiger partial charge in [0.25, 0.3) is 0 Å². The van der Waals surface area contributed by atoms with Gasteiger partial charge in [-0.05, 0) is 37.5 Å². The molecule has 0 radical (unpaired) electrons. The number of carbonyl (C=O) groups excluding carboxylic acids is 1. The molecular formula is C35H37Cl2FN6O3. The van der Waals surface area contributed by atoms with Crippen LogP contribution in [0.5, 0.6) is 5.88 Å². The number of rotatable bonds is 12. The molecule has 2 fully saturated rings. The lowest BCUT2D eigenvalue weighted by molar-refractivity contribution is -0.119. The van der Waals surface area contributed by atoms with Gasteiger partial charge >= 0.3 is 0 Å². The van der Waals surface area contributed by atoms with Crippen molar-refractivity contribution in [1.82, 2.24) is 25.9 Å². The number of nitrogens with one attached hydrogen (secondary N) is 4. The van der Waals surface area contributed by atoms with Crippen molar-refractivity contribution in [3.63, 3.8) is 0 Å². The molecule has 2 aromatic heterocycles. The summed E-state index contributed by atoms with van der Waals surface area (Å²) < 4.78 is 26.6. The van der Waals surface area contributed by atoms with E-state index in [0.717, 1.165) is 24.8 Å². The fraction of sp³-hybridized carbons (Fsp3) is 0.343. The normalized spacial score (nSPS) is 16.7. The highest BCUT2D eigenvalue weighted by molar-refractivity contribution is 6.39. The standard InChI is InChI=1S/C35H37Cl2FN6O3/c1-46-35-22(18-39-20-24-9-11-30(45)42-24)8-10-28(44-35)27-6-2-4-25(31(27)36)26-5-3-7-29(32(26)37)43-34-33(38)21(12-15-40-34)19-41-23-13-16-47-17-14-23/h2-8,10,12,15,23-24,39,41H,9,11,13-14,16-20H2,1H3,(H,40,43)(H,42,45)/t24-/m0/s1. The number of carbonyl (C=O) groups is 1. The SMILES string of the molecule is COc1nc(-c2cccc(-c3cccc(Nc4nccc(CNC5CCOCC5)c4F)c3Cl)c2Cl)ccc1CNC[C@@H]1CCC(=O)N1. The fourth-order valence-corrected chi connectivity index (χ4v) is 6.51. The van der Waals surface area contributed by atoms with Gasteiger partial charge < -0.3 is 30.7 Å². The Balaban J connectivity index is 1.19. The molecule has 246 valence electrons. The van der Waals surface area contributed by atoms with Crippen LogP contribution in [0.3, 0.4) is 0 Å². The van der Waals surface area contributed by atoms with Crippen molar-refractivity contribution in [2.45, 2.75) is 50.9 Å². The van der Waals surface area contributed by atoms with E-state index in [4.69, 9.17) is 37.7 Å². The first-order valence-corrected chi connectivity index (χ1v) is 16.5. The van der Waals surface area contributed by atoms with Gasteiger partial charge in [0.15, 0.2) is 11.6 Å². The molecule has 4 heterocycles. The maximum atomic E-state index is 15.5. The predicted molar refractivity (Wildman–Crippen MR) is 183 cm³/mol. The second-order valence-corrected chi connectivity index (χ2v) is 12.4. The van der Waals surface area contributed by atoms with Gasteiger partial charge in [-0.3, -0.25) is 4.79 Å². The molecule has 4 aromatic rings. The number of ether oxygens (including phenoxy) is 2. The lowest BCUT2D eigenvalue weighted by Crippen LogP contribution is -2.35. The maximum Gasteiger partial charge on any atom is 0.220 e. The van der Waals surface area contributed by atoms with Crippen molar-refractivity contribution in [3.05, 3.63) is 87.8 Å². The number of nitrogens with zero attached hydrogens (tertiary/aromatic N) is 2. The summed E-state index contributed by atoms with van der Waals surface area (Å²) in [7, 11) is 1.58. The monoisotopic (exact) mass is 678 g/mol. The quantitative estimate of drug-likeness (QED) is 0.132. The summed E-state index contributed by atoms with van der Waals surface area (Å²) in [6.45, 7) is 3.02. The van der Waals surface area contributed by atoms with Crippen molar-refractivity contribution >= 4 is 40.6 Å². The average molecular weight is 680 g/mol. The number of amides is 1. The highest BCUT2D eigenvalue weighted by atomic mass is 35.5. The number of hydrogen-bond acceptors (Lipinski definition) is 8. The number of hydrogen-bond donors (Lipinski definition) is 4. The molecule has 1 amide bonds. The van der Waals surface area contributed by atoms with Crippen molar-refractivity contribution in [2.75, 3.05) is 32.2 Å². The van der Waals surface area contributed by atoms with Crippen LogP contribution < -0.4 is 26.0 Å². The molecule has 6 rings (SSSR count). The molecule has 2 aromatic carbocycles. The molecule has 47 heavy (non-hydrogen) atoms. The highest BCUT2D eigenvalue weighted by Crippen LogP contribution is 2.42. The van der Waals surface area contributed by atoms with Crippen LogP contribution in [0, 0.1) is 5.82 Å². The molecule has 12 heteroatoms. The second kappa shape index (κ2) is 15.4. The Hall–Kier alpha value is -3.80. The third-order valence-corrected chi connectivity index (χ3v) is 9.33. The van der Waals surface area contributed by atoms with E-state index in [0.29, 0.717) is 94.9 Å². The van der Waals surface area contributed by atoms with Gasteiger partial charge in [-0.1, -0.05) is 59.6 Å². The molecule has 0 saturated carbocycles. The van der Waals surface area contributed by atoms with E-state index in [1.54, 1.807) is 25.4 Å². The van der Waals surface area contributed by atoms with Gasteiger partial charge in [-0.15, -0.1) is 0 Å². The van der Waals surface area contributed by atoms with Crippen molar-refractivity contribution in [2.24, 2.45) is 0 Å². The van der Waals surface area contributed by atoms with Gasteiger partial charge in [-0.2, -0.15) is 0 Å². The van der Waals surface area contributed by atoms with E-state index in [2.05, 4.69) is 26.3 Å². The number of pyridine rings is 2. The average Bonchev–Trinajstić information content (AvgIpc) is 3.51. The maximum absolute atomic E-state index is 15.5. The third-order valence-electron chi connectivity index (χ3n) is 8.51. The lowest BCUT2D eigenvalue weighted by atomic mass is 10.00. The van der Waals surface area contributed by atoms with E-state index >= 15 is 4.39 Å². The summed E-state index contributed by atoms with van der Waals surface area (Å²) in [5, 5.41) is 13.7. The number of methoxy groups -OCH3 is 1. The minimum Gasteiger partial charge on any atom is -0.481 e. The van der Waals surface area contributed by atoms with Crippen LogP contribution in [0.25, 0.3) is 22.4 Å². The topological polar surface area (TPSA) is 109 Å². The van der Waals surface area contributed by atoms with E-state index in [1.807, 2.05) is 42.5 Å². The minimum atomic E-state index is -0.433. The Kier molecular flexibility index (Phi) is 10.9. The second-order valence-electron chi connectivity index (χ2n) is 11.7. The number of aromatic nitrogens is 2.